The molecule has 0 aliphatic carbocycles. The first-order valence-electron chi connectivity index (χ1n) is 5.76. The van der Waals surface area contributed by atoms with Gasteiger partial charge < -0.3 is 10.0 Å². The predicted molar refractivity (Wildman–Crippen MR) is 73.0 cm³/mol. The van der Waals surface area contributed by atoms with Gasteiger partial charge in [-0.3, -0.25) is 4.99 Å². The van der Waals surface area contributed by atoms with Crippen LogP contribution in [0.4, 0.5) is 0 Å². The van der Waals surface area contributed by atoms with Crippen molar-refractivity contribution in [3.63, 3.8) is 0 Å². The summed E-state index contributed by atoms with van der Waals surface area (Å²) in [7, 11) is 5.58. The predicted octanol–water partition coefficient (Wildman–Crippen LogP) is 2.63. The second kappa shape index (κ2) is 4.78. The quantitative estimate of drug-likeness (QED) is 0.599. The van der Waals surface area contributed by atoms with Gasteiger partial charge in [-0.2, -0.15) is 0 Å². The average Bonchev–Trinajstić information content (AvgIpc) is 2.19. The Morgan fingerprint density at radius 3 is 2.24 bits per heavy atom. The molecule has 0 aliphatic heterocycles. The van der Waals surface area contributed by atoms with Crippen LogP contribution in [0.2, 0.25) is 0 Å². The minimum atomic E-state index is -0.0781. The highest BCUT2D eigenvalue weighted by atomic mass is 16.3. The summed E-state index contributed by atoms with van der Waals surface area (Å²) in [5.74, 6) is 1.11. The molecule has 0 aliphatic rings. The molecule has 1 aromatic rings. The summed E-state index contributed by atoms with van der Waals surface area (Å²) >= 11 is 0. The van der Waals surface area contributed by atoms with Gasteiger partial charge in [-0.05, 0) is 17.0 Å². The van der Waals surface area contributed by atoms with Gasteiger partial charge in [-0.1, -0.05) is 32.9 Å². The lowest BCUT2D eigenvalue weighted by Crippen LogP contribution is -2.24. The van der Waals surface area contributed by atoms with Gasteiger partial charge in [0.25, 0.3) is 0 Å². The Kier molecular flexibility index (Phi) is 3.81. The number of phenolic OH excluding ortho intramolecular Hbond substituents is 1. The summed E-state index contributed by atoms with van der Waals surface area (Å²) in [5.41, 5.74) is 1.65. The van der Waals surface area contributed by atoms with Crippen LogP contribution in [0.1, 0.15) is 31.9 Å². The molecular weight excluding hydrogens is 212 g/mol. The van der Waals surface area contributed by atoms with Gasteiger partial charge in [0.2, 0.25) is 0 Å². The summed E-state index contributed by atoms with van der Waals surface area (Å²) < 4.78 is 0. The summed E-state index contributed by atoms with van der Waals surface area (Å²) in [6, 6.07) is 5.82. The molecule has 0 saturated carbocycles. The zero-order valence-corrected chi connectivity index (χ0v) is 11.6. The molecule has 3 nitrogen and oxygen atoms in total. The highest BCUT2D eigenvalue weighted by Gasteiger charge is 2.21. The molecule has 3 heteroatoms. The number of aromatic hydroxyl groups is 1. The maximum absolute atomic E-state index is 10.4. The van der Waals surface area contributed by atoms with Crippen LogP contribution in [0, 0.1) is 0 Å². The van der Waals surface area contributed by atoms with Crippen molar-refractivity contribution < 1.29 is 5.11 Å². The third-order valence-corrected chi connectivity index (χ3v) is 2.72. The van der Waals surface area contributed by atoms with E-state index >= 15 is 0 Å². The maximum atomic E-state index is 10.4. The zero-order valence-electron chi connectivity index (χ0n) is 11.6. The topological polar surface area (TPSA) is 35.8 Å². The first kappa shape index (κ1) is 13.6. The normalized spacial score (nSPS) is 12.7. The molecule has 0 saturated heterocycles. The SMILES string of the molecule is C/N=C(/c1cccc(C(C)(C)C)c1O)N(C)C. The first-order chi connectivity index (χ1) is 7.79. The second-order valence-electron chi connectivity index (χ2n) is 5.39. The smallest absolute Gasteiger partial charge is 0.133 e. The van der Waals surface area contributed by atoms with Crippen LogP contribution in [0.3, 0.4) is 0 Å². The van der Waals surface area contributed by atoms with E-state index in [0.29, 0.717) is 5.75 Å². The molecule has 1 N–H and O–H groups in total. The van der Waals surface area contributed by atoms with E-state index in [1.54, 1.807) is 7.05 Å². The van der Waals surface area contributed by atoms with Crippen molar-refractivity contribution in [1.29, 1.82) is 0 Å². The Bertz CT molecular complexity index is 428. The molecule has 0 heterocycles. The summed E-state index contributed by atoms with van der Waals surface area (Å²) in [6.45, 7) is 6.26. The number of benzene rings is 1. The van der Waals surface area contributed by atoms with E-state index in [-0.39, 0.29) is 5.41 Å². The van der Waals surface area contributed by atoms with Crippen molar-refractivity contribution in [1.82, 2.24) is 4.90 Å². The Labute approximate surface area is 104 Å². The maximum Gasteiger partial charge on any atom is 0.133 e. The summed E-state index contributed by atoms with van der Waals surface area (Å²) in [5, 5.41) is 10.4. The van der Waals surface area contributed by atoms with Crippen LogP contribution in [0.5, 0.6) is 5.75 Å². The molecule has 0 spiro atoms. The number of rotatable bonds is 1. The second-order valence-corrected chi connectivity index (χ2v) is 5.39. The van der Waals surface area contributed by atoms with Crippen molar-refractivity contribution in [2.45, 2.75) is 26.2 Å². The van der Waals surface area contributed by atoms with Crippen molar-refractivity contribution in [2.24, 2.45) is 4.99 Å². The third-order valence-electron chi connectivity index (χ3n) is 2.72. The van der Waals surface area contributed by atoms with Crippen LogP contribution in [-0.2, 0) is 5.41 Å². The van der Waals surface area contributed by atoms with E-state index in [9.17, 15) is 5.11 Å². The lowest BCUT2D eigenvalue weighted by Gasteiger charge is -2.23. The van der Waals surface area contributed by atoms with Crippen LogP contribution in [0.25, 0.3) is 0 Å². The lowest BCUT2D eigenvalue weighted by molar-refractivity contribution is 0.444. The molecule has 1 rings (SSSR count). The third kappa shape index (κ3) is 2.78. The van der Waals surface area contributed by atoms with Crippen molar-refractivity contribution >= 4 is 5.84 Å². The molecule has 94 valence electrons. The molecule has 0 aromatic heterocycles. The van der Waals surface area contributed by atoms with E-state index in [4.69, 9.17) is 0 Å². The van der Waals surface area contributed by atoms with Crippen LogP contribution in [-0.4, -0.2) is 37.0 Å². The van der Waals surface area contributed by atoms with Crippen LogP contribution < -0.4 is 0 Å². The average molecular weight is 234 g/mol. The number of hydrogen-bond acceptors (Lipinski definition) is 2. The fraction of sp³-hybridized carbons (Fsp3) is 0.500. The number of para-hydroxylation sites is 1. The zero-order chi connectivity index (χ0) is 13.2. The van der Waals surface area contributed by atoms with E-state index in [1.165, 1.54) is 0 Å². The summed E-state index contributed by atoms with van der Waals surface area (Å²) in [6.07, 6.45) is 0. The Hall–Kier alpha value is -1.51. The highest BCUT2D eigenvalue weighted by molar-refractivity contribution is 6.01. The molecule has 1 aromatic carbocycles. The molecule has 0 unspecified atom stereocenters. The van der Waals surface area contributed by atoms with Gasteiger partial charge in [0, 0.05) is 21.1 Å². The Morgan fingerprint density at radius 1 is 1.24 bits per heavy atom. The van der Waals surface area contributed by atoms with E-state index in [0.717, 1.165) is 17.0 Å². The number of amidine groups is 1. The van der Waals surface area contributed by atoms with Gasteiger partial charge in [0.1, 0.15) is 11.6 Å². The minimum absolute atomic E-state index is 0.0781. The molecule has 0 radical (unpaired) electrons. The minimum Gasteiger partial charge on any atom is -0.507 e. The molecule has 0 atom stereocenters. The Morgan fingerprint density at radius 2 is 1.82 bits per heavy atom. The first-order valence-corrected chi connectivity index (χ1v) is 5.76. The fourth-order valence-electron chi connectivity index (χ4n) is 1.89. The number of aliphatic imine (C=N–C) groups is 1. The van der Waals surface area contributed by atoms with Crippen LogP contribution in [0.15, 0.2) is 23.2 Å². The van der Waals surface area contributed by atoms with E-state index < -0.39 is 0 Å². The van der Waals surface area contributed by atoms with Gasteiger partial charge >= 0.3 is 0 Å². The van der Waals surface area contributed by atoms with E-state index in [2.05, 4.69) is 25.8 Å². The largest absolute Gasteiger partial charge is 0.507 e. The molecule has 0 bridgehead atoms. The number of hydrogen-bond donors (Lipinski definition) is 1. The van der Waals surface area contributed by atoms with Gasteiger partial charge in [0.15, 0.2) is 0 Å². The summed E-state index contributed by atoms with van der Waals surface area (Å²) in [4.78, 5) is 6.13. The number of nitrogens with zero attached hydrogens (tertiary/aromatic N) is 2. The van der Waals surface area contributed by atoms with Gasteiger partial charge in [-0.15, -0.1) is 0 Å². The molecule has 0 fully saturated rings. The van der Waals surface area contributed by atoms with Crippen LogP contribution >= 0.6 is 0 Å². The van der Waals surface area contributed by atoms with Crippen molar-refractivity contribution in [3.05, 3.63) is 29.3 Å². The molecule has 17 heavy (non-hydrogen) atoms. The standard InChI is InChI=1S/C14H22N2O/c1-14(2,3)11-9-7-8-10(12(11)17)13(15-4)16(5)6/h7-9,17H,1-6H3/b15-13-. The highest BCUT2D eigenvalue weighted by Crippen LogP contribution is 2.33. The lowest BCUT2D eigenvalue weighted by atomic mass is 9.85. The Balaban J connectivity index is 3.38. The van der Waals surface area contributed by atoms with Gasteiger partial charge in [-0.25, -0.2) is 0 Å². The number of phenols is 1. The van der Waals surface area contributed by atoms with Crippen molar-refractivity contribution in [2.75, 3.05) is 21.1 Å². The molecular formula is C14H22N2O. The van der Waals surface area contributed by atoms with Crippen molar-refractivity contribution in [3.8, 4) is 5.75 Å². The molecule has 0 amide bonds. The monoisotopic (exact) mass is 234 g/mol. The fourth-order valence-corrected chi connectivity index (χ4v) is 1.89. The van der Waals surface area contributed by atoms with Gasteiger partial charge in [0.05, 0.1) is 5.56 Å². The van der Waals surface area contributed by atoms with E-state index in [1.807, 2.05) is 37.2 Å².